The molecule has 0 radical (unpaired) electrons. The third-order valence-electron chi connectivity index (χ3n) is 30.5. The van der Waals surface area contributed by atoms with Crippen LogP contribution in [0.2, 0.25) is 0 Å². The second-order valence-corrected chi connectivity index (χ2v) is 39.3. The molecule has 0 bridgehead atoms. The predicted octanol–water partition coefficient (Wildman–Crippen LogP) is 37.5. The second-order valence-electron chi connectivity index (χ2n) is 39.3. The maximum Gasteiger partial charge on any atom is 0.0165 e. The van der Waals surface area contributed by atoms with Gasteiger partial charge in [-0.1, -0.05) is 399 Å². The van der Waals surface area contributed by atoms with Gasteiger partial charge >= 0.3 is 0 Å². The summed E-state index contributed by atoms with van der Waals surface area (Å²) in [6, 6.07) is 172. The molecule has 634 valence electrons. The van der Waals surface area contributed by atoms with Gasteiger partial charge in [0.05, 0.1) is 0 Å². The number of fused-ring (bicyclic) bond motifs is 25. The minimum Gasteiger partial charge on any atom is -0.0622 e. The molecule has 135 heavy (non-hydrogen) atoms. The molecule has 28 rings (SSSR count). The second kappa shape index (κ2) is 30.9. The lowest BCUT2D eigenvalue weighted by molar-refractivity contribution is 0.662. The van der Waals surface area contributed by atoms with E-state index in [0.717, 1.165) is 0 Å². The van der Waals surface area contributed by atoms with Gasteiger partial charge in [0, 0.05) is 16.2 Å². The van der Waals surface area contributed by atoms with Gasteiger partial charge in [-0.15, -0.1) is 0 Å². The molecule has 0 atom stereocenters. The molecule has 0 aromatic heterocycles. The van der Waals surface area contributed by atoms with Crippen molar-refractivity contribution in [2.24, 2.45) is 0 Å². The zero-order valence-electron chi connectivity index (χ0n) is 76.4. The zero-order chi connectivity index (χ0) is 90.1. The highest BCUT2D eigenvalue weighted by molar-refractivity contribution is 6.17. The van der Waals surface area contributed by atoms with Crippen LogP contribution >= 0.6 is 0 Å². The van der Waals surface area contributed by atoms with Crippen LogP contribution in [0.5, 0.6) is 0 Å². The molecular formula is C135H94. The number of hydrogen-bond donors (Lipinski definition) is 0. The lowest BCUT2D eigenvalue weighted by Gasteiger charge is -2.24. The largest absolute Gasteiger partial charge is 0.0622 e. The highest BCUT2D eigenvalue weighted by atomic mass is 14.4. The first-order valence-corrected chi connectivity index (χ1v) is 47.6. The fraction of sp³-hybridized carbons (Fsp3) is 0.0667. The Bertz CT molecular complexity index is 9330. The van der Waals surface area contributed by atoms with Crippen molar-refractivity contribution in [3.8, 4) is 111 Å². The lowest BCUT2D eigenvalue weighted by Crippen LogP contribution is -2.15. The Morgan fingerprint density at radius 3 is 0.844 bits per heavy atom. The predicted molar refractivity (Wildman–Crippen MR) is 580 cm³/mol. The van der Waals surface area contributed by atoms with E-state index in [9.17, 15) is 0 Å². The molecule has 25 aromatic carbocycles. The summed E-state index contributed by atoms with van der Waals surface area (Å²) in [5.74, 6) is 0. The topological polar surface area (TPSA) is 0 Å². The van der Waals surface area contributed by atoms with Gasteiger partial charge in [-0.25, -0.2) is 0 Å². The van der Waals surface area contributed by atoms with E-state index < -0.39 is 0 Å². The summed E-state index contributed by atoms with van der Waals surface area (Å²) >= 11 is 0. The smallest absolute Gasteiger partial charge is 0.0165 e. The molecule has 0 saturated carbocycles. The minimum atomic E-state index is -0.146. The Hall–Kier alpha value is -16.4. The average molecular weight is 1720 g/mol. The Morgan fingerprint density at radius 2 is 0.385 bits per heavy atom. The zero-order valence-corrected chi connectivity index (χ0v) is 76.4. The van der Waals surface area contributed by atoms with Crippen molar-refractivity contribution in [3.05, 3.63) is 494 Å². The summed E-state index contributed by atoms with van der Waals surface area (Å²) < 4.78 is 0. The van der Waals surface area contributed by atoms with Crippen molar-refractivity contribution in [3.63, 3.8) is 0 Å². The van der Waals surface area contributed by atoms with Gasteiger partial charge in [-0.3, -0.25) is 0 Å². The van der Waals surface area contributed by atoms with Gasteiger partial charge in [-0.05, 0) is 377 Å². The van der Waals surface area contributed by atoms with Crippen molar-refractivity contribution in [1.29, 1.82) is 0 Å². The molecule has 25 aromatic rings. The van der Waals surface area contributed by atoms with Crippen LogP contribution in [0.15, 0.2) is 461 Å². The molecular weight excluding hydrogens is 1620 g/mol. The molecule has 3 aliphatic rings. The maximum atomic E-state index is 2.52. The minimum absolute atomic E-state index is 0.0371. The van der Waals surface area contributed by atoms with E-state index in [1.807, 2.05) is 0 Å². The van der Waals surface area contributed by atoms with Crippen molar-refractivity contribution in [2.45, 2.75) is 57.8 Å². The number of benzene rings is 25. The molecule has 0 amide bonds. The molecule has 0 N–H and O–H groups in total. The number of hydrogen-bond acceptors (Lipinski definition) is 0. The third kappa shape index (κ3) is 13.1. The quantitative estimate of drug-likeness (QED) is 0.149. The summed E-state index contributed by atoms with van der Waals surface area (Å²) in [4.78, 5) is 0. The first-order chi connectivity index (χ1) is 66.1. The fourth-order valence-corrected chi connectivity index (χ4v) is 23.6. The molecule has 3 aliphatic carbocycles. The first kappa shape index (κ1) is 79.6. The molecule has 0 fully saturated rings. The SMILES string of the molecule is CC1(C)c2cc(-c3cc(-c4ccc5ccc(-c6ccccc6)cc5c4)cc4ccccc34)c3ccccc3c2-c2ccc3ccccc3c21.CC1(C)c2cc(-c3ccc4cc(-c5ccc6ccccc6c5)ccc4c3)c3ccccc3c2-c2ccc3ccccc3c21.CC1(C)c2cc3ccccc3cc2-c2cc3ccc(-c4ccc5cc(-c6ccc7ccccc7c6)ccc5c4)cc3cc21. The molecule has 0 spiro atoms. The van der Waals surface area contributed by atoms with E-state index in [2.05, 4.69) is 503 Å². The summed E-state index contributed by atoms with van der Waals surface area (Å²) in [5.41, 5.74) is 34.1. The van der Waals surface area contributed by atoms with Crippen LogP contribution in [0.4, 0.5) is 0 Å². The standard InChI is InChI=1S/C49H34.2C43H30/c1-49(2)46-30-45(41-18-10-11-19-42(41)47(46)43-25-24-33-14-6-9-17-40(33)48(43)49)44-29-38(28-36-15-7-8-16-39(36)44)35-23-21-32-20-22-34(26-37(32)27-35)31-12-4-3-5-13-31;1-43(2)40-26-39(36-13-7-8-14-37(36)41(40)38-22-21-28-10-5-6-12-35(28)42(38)43)34-20-19-32-24-31(17-18-33(32)25-34)30-16-15-27-9-3-4-11-29(27)23-30;1-43(2)41-25-30-10-6-5-9-29(30)23-39(41)40-24-37-18-17-36(22-38(37)26-42(40)43)35-16-15-33-20-32(13-14-34(33)21-35)31-12-11-27-7-3-4-8-28(27)19-31/h3-30H,1-2H3;2*3-26H,1-2H3. The van der Waals surface area contributed by atoms with E-state index in [1.165, 1.54) is 274 Å². The molecule has 0 nitrogen and oxygen atoms in total. The van der Waals surface area contributed by atoms with E-state index in [0.29, 0.717) is 0 Å². The third-order valence-corrected chi connectivity index (χ3v) is 30.5. The lowest BCUT2D eigenvalue weighted by atomic mass is 9.78. The first-order valence-electron chi connectivity index (χ1n) is 47.6. The summed E-state index contributed by atoms with van der Waals surface area (Å²) in [6.45, 7) is 14.4. The van der Waals surface area contributed by atoms with Crippen LogP contribution in [0.25, 0.3) is 241 Å². The van der Waals surface area contributed by atoms with Crippen molar-refractivity contribution in [1.82, 2.24) is 0 Å². The summed E-state index contributed by atoms with van der Waals surface area (Å²) in [5, 5.41) is 31.0. The van der Waals surface area contributed by atoms with Crippen LogP contribution in [0, 0.1) is 0 Å². The Morgan fingerprint density at radius 1 is 0.119 bits per heavy atom. The van der Waals surface area contributed by atoms with E-state index in [-0.39, 0.29) is 16.2 Å². The summed E-state index contributed by atoms with van der Waals surface area (Å²) in [7, 11) is 0. The molecule has 0 heteroatoms. The Labute approximate surface area is 787 Å². The van der Waals surface area contributed by atoms with Gasteiger partial charge in [0.15, 0.2) is 0 Å². The van der Waals surface area contributed by atoms with E-state index >= 15 is 0 Å². The molecule has 0 saturated heterocycles. The summed E-state index contributed by atoms with van der Waals surface area (Å²) in [6.07, 6.45) is 0. The maximum absolute atomic E-state index is 2.52. The van der Waals surface area contributed by atoms with Crippen molar-refractivity contribution < 1.29 is 0 Å². The van der Waals surface area contributed by atoms with Crippen LogP contribution in [0.3, 0.4) is 0 Å². The average Bonchev–Trinajstić information content (AvgIpc) is 1.55. The number of rotatable bonds is 7. The van der Waals surface area contributed by atoms with Gasteiger partial charge < -0.3 is 0 Å². The highest BCUT2D eigenvalue weighted by Gasteiger charge is 2.42. The van der Waals surface area contributed by atoms with Gasteiger partial charge in [0.1, 0.15) is 0 Å². The van der Waals surface area contributed by atoms with E-state index in [4.69, 9.17) is 0 Å². The van der Waals surface area contributed by atoms with Crippen LogP contribution in [-0.2, 0) is 16.2 Å². The van der Waals surface area contributed by atoms with Gasteiger partial charge in [-0.2, -0.15) is 0 Å². The van der Waals surface area contributed by atoms with Crippen LogP contribution in [-0.4, -0.2) is 0 Å². The highest BCUT2D eigenvalue weighted by Crippen LogP contribution is 2.59. The fourth-order valence-electron chi connectivity index (χ4n) is 23.6. The Balaban J connectivity index is 0.000000106. The van der Waals surface area contributed by atoms with Crippen molar-refractivity contribution in [2.75, 3.05) is 0 Å². The monoisotopic (exact) mass is 1710 g/mol. The van der Waals surface area contributed by atoms with Gasteiger partial charge in [0.2, 0.25) is 0 Å². The Kier molecular flexibility index (Phi) is 18.2. The van der Waals surface area contributed by atoms with Gasteiger partial charge in [0.25, 0.3) is 0 Å². The molecule has 0 aliphatic heterocycles. The van der Waals surface area contributed by atoms with Crippen molar-refractivity contribution >= 4 is 129 Å². The molecule has 0 unspecified atom stereocenters. The van der Waals surface area contributed by atoms with Crippen LogP contribution < -0.4 is 0 Å². The van der Waals surface area contributed by atoms with Crippen LogP contribution in [0.1, 0.15) is 74.9 Å². The normalized spacial score (nSPS) is 13.4. The van der Waals surface area contributed by atoms with E-state index in [1.54, 1.807) is 0 Å². The molecule has 0 heterocycles.